The molecule has 4 nitrogen and oxygen atoms in total. The van der Waals surface area contributed by atoms with E-state index in [2.05, 4.69) is 22.6 Å². The molecular weight excluding hydrogens is 447 g/mol. The van der Waals surface area contributed by atoms with Crippen LogP contribution in [0.15, 0.2) is 53.4 Å². The molecule has 1 saturated heterocycles. The average molecular weight is 464 g/mol. The van der Waals surface area contributed by atoms with Crippen LogP contribution < -0.4 is 4.90 Å². The minimum absolute atomic E-state index is 0.222. The molecule has 1 aliphatic heterocycles. The Balaban J connectivity index is 1.77. The number of thioether (sulfide) groups is 1. The van der Waals surface area contributed by atoms with Crippen molar-refractivity contribution in [2.75, 3.05) is 19.0 Å². The number of hydrogen-bond donors (Lipinski definition) is 0. The van der Waals surface area contributed by atoms with Crippen molar-refractivity contribution >= 4 is 57.3 Å². The van der Waals surface area contributed by atoms with Gasteiger partial charge in [0.25, 0.3) is 11.1 Å². The number of imide groups is 1. The van der Waals surface area contributed by atoms with Crippen molar-refractivity contribution in [3.05, 3.63) is 68.1 Å². The molecule has 0 radical (unpaired) electrons. The molecule has 0 saturated carbocycles. The molecule has 6 heteroatoms. The third-order valence-electron chi connectivity index (χ3n) is 3.83. The van der Waals surface area contributed by atoms with E-state index < -0.39 is 0 Å². The molecule has 0 spiro atoms. The van der Waals surface area contributed by atoms with Crippen molar-refractivity contribution in [2.24, 2.45) is 0 Å². The summed E-state index contributed by atoms with van der Waals surface area (Å²) < 4.78 is 1.12. The fourth-order valence-corrected chi connectivity index (χ4v) is 3.63. The van der Waals surface area contributed by atoms with Gasteiger partial charge in [-0.3, -0.25) is 14.5 Å². The van der Waals surface area contributed by atoms with Gasteiger partial charge in [0.05, 0.1) is 11.4 Å². The van der Waals surface area contributed by atoms with Crippen molar-refractivity contribution in [1.29, 1.82) is 0 Å². The predicted molar refractivity (Wildman–Crippen MR) is 111 cm³/mol. The zero-order valence-corrected chi connectivity index (χ0v) is 16.9. The average Bonchev–Trinajstić information content (AvgIpc) is 2.85. The van der Waals surface area contributed by atoms with E-state index in [0.29, 0.717) is 11.4 Å². The SMILES string of the molecule is CN(C)c1ccc(/C=C2\SC(=O)N(Cc3ccc(I)cc3)C2=O)cc1. The third kappa shape index (κ3) is 4.24. The topological polar surface area (TPSA) is 40.6 Å². The smallest absolute Gasteiger partial charge is 0.293 e. The van der Waals surface area contributed by atoms with Crippen LogP contribution in [0.25, 0.3) is 6.08 Å². The molecular formula is C19H17IN2O2S. The number of rotatable bonds is 4. The van der Waals surface area contributed by atoms with Crippen LogP contribution in [0.5, 0.6) is 0 Å². The molecule has 0 unspecified atom stereocenters. The Morgan fingerprint density at radius 1 is 1.04 bits per heavy atom. The molecule has 128 valence electrons. The van der Waals surface area contributed by atoms with Gasteiger partial charge in [-0.15, -0.1) is 0 Å². The van der Waals surface area contributed by atoms with E-state index in [1.165, 1.54) is 4.90 Å². The summed E-state index contributed by atoms with van der Waals surface area (Å²) in [6.45, 7) is 0.304. The van der Waals surface area contributed by atoms with Crippen LogP contribution in [0.4, 0.5) is 10.5 Å². The number of anilines is 1. The van der Waals surface area contributed by atoms with E-state index in [1.54, 1.807) is 6.08 Å². The van der Waals surface area contributed by atoms with Crippen LogP contribution in [0, 0.1) is 3.57 Å². The first kappa shape index (κ1) is 18.0. The van der Waals surface area contributed by atoms with Crippen LogP contribution in [0.3, 0.4) is 0 Å². The number of carbonyl (C=O) groups is 2. The van der Waals surface area contributed by atoms with E-state index in [4.69, 9.17) is 0 Å². The normalized spacial score (nSPS) is 16.0. The second-order valence-electron chi connectivity index (χ2n) is 5.88. The molecule has 1 fully saturated rings. The summed E-state index contributed by atoms with van der Waals surface area (Å²) in [4.78, 5) is 28.6. The van der Waals surface area contributed by atoms with Gasteiger partial charge in [0.15, 0.2) is 0 Å². The maximum atomic E-state index is 12.6. The highest BCUT2D eigenvalue weighted by Gasteiger charge is 2.34. The van der Waals surface area contributed by atoms with Crippen molar-refractivity contribution in [1.82, 2.24) is 4.90 Å². The molecule has 3 rings (SSSR count). The summed E-state index contributed by atoms with van der Waals surface area (Å²) >= 11 is 3.22. The first-order valence-corrected chi connectivity index (χ1v) is 9.61. The second-order valence-corrected chi connectivity index (χ2v) is 8.12. The Hall–Kier alpha value is -1.80. The number of benzene rings is 2. The van der Waals surface area contributed by atoms with Crippen LogP contribution in [0.2, 0.25) is 0 Å². The van der Waals surface area contributed by atoms with E-state index in [9.17, 15) is 9.59 Å². The van der Waals surface area contributed by atoms with Crippen molar-refractivity contribution < 1.29 is 9.59 Å². The molecule has 0 aromatic heterocycles. The Bertz CT molecular complexity index is 830. The standard InChI is InChI=1S/C19H17IN2O2S/c1-21(2)16-9-5-13(6-10-16)11-17-18(23)22(19(24)25-17)12-14-3-7-15(20)8-4-14/h3-11H,12H2,1-2H3/b17-11-. The van der Waals surface area contributed by atoms with Gasteiger partial charge in [0.2, 0.25) is 0 Å². The number of hydrogen-bond acceptors (Lipinski definition) is 4. The lowest BCUT2D eigenvalue weighted by Crippen LogP contribution is -2.27. The molecule has 2 aromatic carbocycles. The molecule has 0 bridgehead atoms. The first-order valence-electron chi connectivity index (χ1n) is 7.71. The Kier molecular flexibility index (Phi) is 5.48. The highest BCUT2D eigenvalue weighted by atomic mass is 127. The van der Waals surface area contributed by atoms with Gasteiger partial charge < -0.3 is 4.90 Å². The maximum absolute atomic E-state index is 12.6. The highest BCUT2D eigenvalue weighted by Crippen LogP contribution is 2.33. The van der Waals surface area contributed by atoms with Gasteiger partial charge in [-0.1, -0.05) is 24.3 Å². The fourth-order valence-electron chi connectivity index (χ4n) is 2.43. The summed E-state index contributed by atoms with van der Waals surface area (Å²) in [5.74, 6) is -0.231. The van der Waals surface area contributed by atoms with Gasteiger partial charge in [-0.05, 0) is 75.8 Å². The van der Waals surface area contributed by atoms with Gasteiger partial charge in [0, 0.05) is 23.4 Å². The number of amides is 2. The Morgan fingerprint density at radius 2 is 1.68 bits per heavy atom. The molecule has 0 N–H and O–H groups in total. The van der Waals surface area contributed by atoms with E-state index in [1.807, 2.05) is 67.5 Å². The first-order chi connectivity index (χ1) is 11.9. The van der Waals surface area contributed by atoms with Gasteiger partial charge in [-0.2, -0.15) is 0 Å². The molecule has 1 aliphatic rings. The zero-order chi connectivity index (χ0) is 18.0. The molecule has 1 heterocycles. The summed E-state index contributed by atoms with van der Waals surface area (Å²) in [7, 11) is 3.95. The van der Waals surface area contributed by atoms with Gasteiger partial charge >= 0.3 is 0 Å². The second kappa shape index (κ2) is 7.61. The molecule has 25 heavy (non-hydrogen) atoms. The predicted octanol–water partition coefficient (Wildman–Crippen LogP) is 4.59. The highest BCUT2D eigenvalue weighted by molar-refractivity contribution is 14.1. The Labute approximate surface area is 165 Å². The largest absolute Gasteiger partial charge is 0.378 e. The van der Waals surface area contributed by atoms with Crippen molar-refractivity contribution in [3.8, 4) is 0 Å². The number of carbonyl (C=O) groups excluding carboxylic acids is 2. The van der Waals surface area contributed by atoms with Crippen LogP contribution in [-0.4, -0.2) is 30.1 Å². The zero-order valence-electron chi connectivity index (χ0n) is 13.9. The van der Waals surface area contributed by atoms with E-state index in [0.717, 1.165) is 32.1 Å². The van der Waals surface area contributed by atoms with E-state index in [-0.39, 0.29) is 11.1 Å². The summed E-state index contributed by atoms with van der Waals surface area (Å²) in [5, 5.41) is -0.222. The van der Waals surface area contributed by atoms with Gasteiger partial charge in [0.1, 0.15) is 0 Å². The van der Waals surface area contributed by atoms with Crippen molar-refractivity contribution in [3.63, 3.8) is 0 Å². The molecule has 0 aliphatic carbocycles. The van der Waals surface area contributed by atoms with Gasteiger partial charge in [-0.25, -0.2) is 0 Å². The minimum Gasteiger partial charge on any atom is -0.378 e. The monoisotopic (exact) mass is 464 g/mol. The quantitative estimate of drug-likeness (QED) is 0.490. The van der Waals surface area contributed by atoms with Crippen molar-refractivity contribution in [2.45, 2.75) is 6.54 Å². The number of halogens is 1. The maximum Gasteiger partial charge on any atom is 0.293 e. The number of nitrogens with zero attached hydrogens (tertiary/aromatic N) is 2. The lowest BCUT2D eigenvalue weighted by Gasteiger charge is -2.12. The molecule has 2 aromatic rings. The lowest BCUT2D eigenvalue weighted by atomic mass is 10.1. The lowest BCUT2D eigenvalue weighted by molar-refractivity contribution is -0.123. The fraction of sp³-hybridized carbons (Fsp3) is 0.158. The van der Waals surface area contributed by atoms with Crippen LogP contribution in [-0.2, 0) is 11.3 Å². The summed E-state index contributed by atoms with van der Waals surface area (Å²) in [6, 6.07) is 15.7. The van der Waals surface area contributed by atoms with E-state index >= 15 is 0 Å². The van der Waals surface area contributed by atoms with Crippen LogP contribution in [0.1, 0.15) is 11.1 Å². The summed E-state index contributed by atoms with van der Waals surface area (Å²) in [5.41, 5.74) is 2.94. The molecule has 0 atom stereocenters. The van der Waals surface area contributed by atoms with Crippen LogP contribution >= 0.6 is 34.4 Å². The third-order valence-corrected chi connectivity index (χ3v) is 5.46. The molecule has 2 amide bonds. The summed E-state index contributed by atoms with van der Waals surface area (Å²) in [6.07, 6.45) is 1.78. The Morgan fingerprint density at radius 3 is 2.28 bits per heavy atom. The minimum atomic E-state index is -0.231.